The minimum Gasteiger partial charge on any atom is -0.346 e. The molecule has 2 aromatic heterocycles. The minimum atomic E-state index is -0.247. The Labute approximate surface area is 110 Å². The van der Waals surface area contributed by atoms with E-state index >= 15 is 0 Å². The molecule has 0 saturated heterocycles. The lowest BCUT2D eigenvalue weighted by atomic mass is 10.2. The van der Waals surface area contributed by atoms with Crippen molar-refractivity contribution in [2.45, 2.75) is 13.5 Å². The zero-order chi connectivity index (χ0) is 13.3. The molecule has 0 spiro atoms. The molecule has 0 atom stereocenters. The highest BCUT2D eigenvalue weighted by Gasteiger charge is 2.15. The van der Waals surface area contributed by atoms with Crippen molar-refractivity contribution in [3.63, 3.8) is 0 Å². The summed E-state index contributed by atoms with van der Waals surface area (Å²) in [6.07, 6.45) is 3.33. The number of carbonyl (C=O) groups excluding carboxylic acids is 1. The van der Waals surface area contributed by atoms with Crippen LogP contribution in [0.3, 0.4) is 0 Å². The van der Waals surface area contributed by atoms with Crippen molar-refractivity contribution in [2.24, 2.45) is 14.1 Å². The summed E-state index contributed by atoms with van der Waals surface area (Å²) in [6, 6.07) is 0. The third-order valence-electron chi connectivity index (χ3n) is 2.66. The number of amides is 1. The Balaban J connectivity index is 2.07. The van der Waals surface area contributed by atoms with E-state index < -0.39 is 0 Å². The molecule has 2 rings (SSSR count). The molecule has 0 aliphatic carbocycles. The molecular formula is C11H14ClN5O. The fourth-order valence-electron chi connectivity index (χ4n) is 1.75. The molecule has 0 aliphatic heterocycles. The van der Waals surface area contributed by atoms with Gasteiger partial charge in [0.1, 0.15) is 5.69 Å². The standard InChI is InChI=1S/C11H14ClN5O/c1-7-8(6-16(2)15-7)4-13-11(18)10-9(12)5-14-17(10)3/h5-6H,4H2,1-3H3,(H,13,18). The van der Waals surface area contributed by atoms with Crippen LogP contribution >= 0.6 is 11.6 Å². The van der Waals surface area contributed by atoms with Gasteiger partial charge >= 0.3 is 0 Å². The third-order valence-corrected chi connectivity index (χ3v) is 2.94. The van der Waals surface area contributed by atoms with Crippen LogP contribution < -0.4 is 5.32 Å². The predicted molar refractivity (Wildman–Crippen MR) is 67.3 cm³/mol. The van der Waals surface area contributed by atoms with Crippen molar-refractivity contribution in [2.75, 3.05) is 0 Å². The quantitative estimate of drug-likeness (QED) is 0.904. The monoisotopic (exact) mass is 267 g/mol. The molecule has 2 aromatic rings. The number of carbonyl (C=O) groups is 1. The summed E-state index contributed by atoms with van der Waals surface area (Å²) in [4.78, 5) is 12.0. The van der Waals surface area contributed by atoms with Crippen LogP contribution in [0.1, 0.15) is 21.7 Å². The van der Waals surface area contributed by atoms with Gasteiger partial charge in [-0.1, -0.05) is 11.6 Å². The summed E-state index contributed by atoms with van der Waals surface area (Å²) >= 11 is 5.90. The van der Waals surface area contributed by atoms with Crippen LogP contribution in [-0.4, -0.2) is 25.5 Å². The van der Waals surface area contributed by atoms with E-state index in [1.165, 1.54) is 10.9 Å². The summed E-state index contributed by atoms with van der Waals surface area (Å²) in [5, 5.41) is 11.3. The average molecular weight is 268 g/mol. The minimum absolute atomic E-state index is 0.247. The zero-order valence-electron chi connectivity index (χ0n) is 10.4. The second-order valence-corrected chi connectivity index (χ2v) is 4.47. The van der Waals surface area contributed by atoms with Crippen molar-refractivity contribution in [1.29, 1.82) is 0 Å². The van der Waals surface area contributed by atoms with E-state index in [1.807, 2.05) is 20.2 Å². The molecule has 6 nitrogen and oxygen atoms in total. The molecular weight excluding hydrogens is 254 g/mol. The van der Waals surface area contributed by atoms with E-state index in [9.17, 15) is 4.79 Å². The fourth-order valence-corrected chi connectivity index (χ4v) is 2.00. The lowest BCUT2D eigenvalue weighted by molar-refractivity contribution is 0.0941. The maximum absolute atomic E-state index is 12.0. The van der Waals surface area contributed by atoms with Gasteiger partial charge in [0.25, 0.3) is 5.91 Å². The second-order valence-electron chi connectivity index (χ2n) is 4.06. The Hall–Kier alpha value is -1.82. The first-order valence-corrected chi connectivity index (χ1v) is 5.81. The summed E-state index contributed by atoms with van der Waals surface area (Å²) < 4.78 is 3.17. The topological polar surface area (TPSA) is 64.7 Å². The second kappa shape index (κ2) is 4.81. The van der Waals surface area contributed by atoms with Gasteiger partial charge in [-0.3, -0.25) is 14.2 Å². The van der Waals surface area contributed by atoms with Crippen molar-refractivity contribution >= 4 is 17.5 Å². The van der Waals surface area contributed by atoms with Crippen LogP contribution in [0.4, 0.5) is 0 Å². The Kier molecular flexibility index (Phi) is 3.38. The van der Waals surface area contributed by atoms with Crippen LogP contribution in [0.25, 0.3) is 0 Å². The molecule has 0 aromatic carbocycles. The number of rotatable bonds is 3. The molecule has 18 heavy (non-hydrogen) atoms. The Bertz CT molecular complexity index is 567. The molecule has 0 aliphatic rings. The highest BCUT2D eigenvalue weighted by Crippen LogP contribution is 2.14. The third kappa shape index (κ3) is 2.38. The number of hydrogen-bond acceptors (Lipinski definition) is 3. The highest BCUT2D eigenvalue weighted by molar-refractivity contribution is 6.33. The lowest BCUT2D eigenvalue weighted by Gasteiger charge is -2.05. The van der Waals surface area contributed by atoms with Crippen molar-refractivity contribution in [3.8, 4) is 0 Å². The maximum Gasteiger partial charge on any atom is 0.271 e. The maximum atomic E-state index is 12.0. The number of halogens is 1. The zero-order valence-corrected chi connectivity index (χ0v) is 11.2. The van der Waals surface area contributed by atoms with E-state index in [0.29, 0.717) is 17.3 Å². The van der Waals surface area contributed by atoms with Crippen LogP contribution in [-0.2, 0) is 20.6 Å². The van der Waals surface area contributed by atoms with E-state index in [-0.39, 0.29) is 5.91 Å². The Morgan fingerprint density at radius 3 is 2.72 bits per heavy atom. The SMILES string of the molecule is Cc1nn(C)cc1CNC(=O)c1c(Cl)cnn1C. The number of nitrogens with one attached hydrogen (secondary N) is 1. The van der Waals surface area contributed by atoms with Gasteiger partial charge in [0.15, 0.2) is 0 Å². The smallest absolute Gasteiger partial charge is 0.271 e. The molecule has 0 saturated carbocycles. The van der Waals surface area contributed by atoms with Gasteiger partial charge in [-0.25, -0.2) is 0 Å². The van der Waals surface area contributed by atoms with Crippen LogP contribution in [0.2, 0.25) is 5.02 Å². The normalized spacial score (nSPS) is 10.7. The number of hydrogen-bond donors (Lipinski definition) is 1. The van der Waals surface area contributed by atoms with Crippen LogP contribution in [0, 0.1) is 6.92 Å². The van der Waals surface area contributed by atoms with Gasteiger partial charge in [-0.2, -0.15) is 10.2 Å². The number of nitrogens with zero attached hydrogens (tertiary/aromatic N) is 4. The van der Waals surface area contributed by atoms with Crippen LogP contribution in [0.5, 0.6) is 0 Å². The Morgan fingerprint density at radius 2 is 2.22 bits per heavy atom. The van der Waals surface area contributed by atoms with Gasteiger partial charge in [0.2, 0.25) is 0 Å². The molecule has 0 bridgehead atoms. The first kappa shape index (κ1) is 12.6. The summed E-state index contributed by atoms with van der Waals surface area (Å²) in [6.45, 7) is 2.32. The van der Waals surface area contributed by atoms with Gasteiger partial charge < -0.3 is 5.32 Å². The molecule has 0 unspecified atom stereocenters. The summed E-state index contributed by atoms with van der Waals surface area (Å²) in [5.74, 6) is -0.247. The highest BCUT2D eigenvalue weighted by atomic mass is 35.5. The fraction of sp³-hybridized carbons (Fsp3) is 0.364. The molecule has 1 amide bonds. The van der Waals surface area contributed by atoms with Gasteiger partial charge in [0, 0.05) is 32.4 Å². The van der Waals surface area contributed by atoms with Crippen molar-refractivity contribution < 1.29 is 4.79 Å². The molecule has 2 heterocycles. The molecule has 0 radical (unpaired) electrons. The van der Waals surface area contributed by atoms with Crippen molar-refractivity contribution in [3.05, 3.63) is 34.4 Å². The van der Waals surface area contributed by atoms with Crippen LogP contribution in [0.15, 0.2) is 12.4 Å². The lowest BCUT2D eigenvalue weighted by Crippen LogP contribution is -2.25. The van der Waals surface area contributed by atoms with E-state index in [4.69, 9.17) is 11.6 Å². The molecule has 7 heteroatoms. The first-order valence-electron chi connectivity index (χ1n) is 5.44. The van der Waals surface area contributed by atoms with Gasteiger partial charge in [0.05, 0.1) is 16.9 Å². The molecule has 1 N–H and O–H groups in total. The van der Waals surface area contributed by atoms with E-state index in [1.54, 1.807) is 11.7 Å². The largest absolute Gasteiger partial charge is 0.346 e. The molecule has 0 fully saturated rings. The summed E-state index contributed by atoms with van der Waals surface area (Å²) in [5.41, 5.74) is 2.23. The van der Waals surface area contributed by atoms with Crippen molar-refractivity contribution in [1.82, 2.24) is 24.9 Å². The number of aryl methyl sites for hydroxylation is 3. The van der Waals surface area contributed by atoms with E-state index in [2.05, 4.69) is 15.5 Å². The average Bonchev–Trinajstić information content (AvgIpc) is 2.79. The predicted octanol–water partition coefficient (Wildman–Crippen LogP) is 1.05. The first-order chi connectivity index (χ1) is 8.49. The Morgan fingerprint density at radius 1 is 1.50 bits per heavy atom. The van der Waals surface area contributed by atoms with Gasteiger partial charge in [-0.15, -0.1) is 0 Å². The van der Waals surface area contributed by atoms with Gasteiger partial charge in [-0.05, 0) is 6.92 Å². The van der Waals surface area contributed by atoms with E-state index in [0.717, 1.165) is 11.3 Å². The molecule has 96 valence electrons. The number of aromatic nitrogens is 4. The summed E-state index contributed by atoms with van der Waals surface area (Å²) in [7, 11) is 3.52.